The lowest BCUT2D eigenvalue weighted by Gasteiger charge is -2.26. The summed E-state index contributed by atoms with van der Waals surface area (Å²) in [5, 5.41) is 9.57. The minimum atomic E-state index is -0.207. The quantitative estimate of drug-likeness (QED) is 0.146. The van der Waals surface area contributed by atoms with Crippen LogP contribution >= 0.6 is 0 Å². The molecule has 0 aromatic heterocycles. The van der Waals surface area contributed by atoms with Gasteiger partial charge in [-0.15, -0.1) is 0 Å². The van der Waals surface area contributed by atoms with E-state index in [0.29, 0.717) is 28.7 Å². The Kier molecular flexibility index (Phi) is 11.9. The number of phenols is 1. The molecule has 0 heterocycles. The first-order chi connectivity index (χ1) is 24.8. The van der Waals surface area contributed by atoms with E-state index in [-0.39, 0.29) is 22.7 Å². The van der Waals surface area contributed by atoms with Crippen molar-refractivity contribution >= 4 is 11.6 Å². The maximum absolute atomic E-state index is 12.8. The van der Waals surface area contributed by atoms with Gasteiger partial charge in [-0.25, -0.2) is 0 Å². The fraction of sp³-hybridized carbons (Fsp3) is 0.208. The summed E-state index contributed by atoms with van der Waals surface area (Å²) in [7, 11) is 0. The zero-order valence-corrected chi connectivity index (χ0v) is 31.2. The van der Waals surface area contributed by atoms with Gasteiger partial charge in [-0.05, 0) is 89.5 Å². The predicted octanol–water partition coefficient (Wildman–Crippen LogP) is 12.2. The maximum Gasteiger partial charge on any atom is 0.193 e. The number of carbonyl (C=O) groups excluding carboxylic acids is 2. The van der Waals surface area contributed by atoms with E-state index >= 15 is 0 Å². The van der Waals surface area contributed by atoms with E-state index in [1.807, 2.05) is 116 Å². The van der Waals surface area contributed by atoms with Gasteiger partial charge in [0.1, 0.15) is 17.2 Å². The largest absolute Gasteiger partial charge is 0.508 e. The van der Waals surface area contributed by atoms with Gasteiger partial charge >= 0.3 is 0 Å². The van der Waals surface area contributed by atoms with Crippen molar-refractivity contribution in [3.63, 3.8) is 0 Å². The Hall–Kier alpha value is -5.74. The molecule has 6 rings (SSSR count). The molecule has 0 bridgehead atoms. The number of hydrogen-bond donors (Lipinski definition) is 1. The van der Waals surface area contributed by atoms with Crippen molar-refractivity contribution in [1.29, 1.82) is 0 Å². The summed E-state index contributed by atoms with van der Waals surface area (Å²) in [5.41, 5.74) is 8.53. The lowest BCUT2D eigenvalue weighted by Crippen LogP contribution is -2.18. The van der Waals surface area contributed by atoms with E-state index in [4.69, 9.17) is 4.74 Å². The summed E-state index contributed by atoms with van der Waals surface area (Å²) in [6.07, 6.45) is 0. The van der Waals surface area contributed by atoms with Gasteiger partial charge in [0.05, 0.1) is 0 Å². The number of ether oxygens (including phenoxy) is 1. The molecule has 0 saturated carbocycles. The third-order valence-corrected chi connectivity index (χ3v) is 9.51. The fourth-order valence-corrected chi connectivity index (χ4v) is 5.87. The first-order valence-corrected chi connectivity index (χ1v) is 17.9. The minimum absolute atomic E-state index is 0.00247. The first kappa shape index (κ1) is 37.5. The summed E-state index contributed by atoms with van der Waals surface area (Å²) in [6.45, 7) is 14.9. The van der Waals surface area contributed by atoms with Crippen molar-refractivity contribution in [3.05, 3.63) is 196 Å². The molecule has 0 aliphatic rings. The van der Waals surface area contributed by atoms with Crippen LogP contribution in [0.1, 0.15) is 113 Å². The highest BCUT2D eigenvalue weighted by Gasteiger charge is 2.23. The lowest BCUT2D eigenvalue weighted by atomic mass is 9.78. The monoisotopic (exact) mass is 688 g/mol. The molecule has 6 aromatic rings. The zero-order valence-electron chi connectivity index (χ0n) is 31.2. The summed E-state index contributed by atoms with van der Waals surface area (Å²) in [4.78, 5) is 25.0. The van der Waals surface area contributed by atoms with Gasteiger partial charge in [0.15, 0.2) is 11.6 Å². The van der Waals surface area contributed by atoms with Crippen LogP contribution in [0.15, 0.2) is 146 Å². The predicted molar refractivity (Wildman–Crippen MR) is 212 cm³/mol. The first-order valence-electron chi connectivity index (χ1n) is 17.9. The SMILES string of the molecule is CC(C)c1ccc(C(=O)c2ccc(Oc3ccc(C(C)(C)c4ccc(O)cc4)cc3)cc2)cc1.Cc1ccc(C(=O)c2ccc(C(C)C)cc2)cc1. The summed E-state index contributed by atoms with van der Waals surface area (Å²) in [6, 6.07) is 46.0. The Labute approximate surface area is 308 Å². The van der Waals surface area contributed by atoms with E-state index in [2.05, 4.69) is 53.7 Å². The highest BCUT2D eigenvalue weighted by Crippen LogP contribution is 2.34. The molecule has 264 valence electrons. The molecule has 0 saturated heterocycles. The zero-order chi connectivity index (χ0) is 37.4. The van der Waals surface area contributed by atoms with E-state index in [0.717, 1.165) is 28.0 Å². The van der Waals surface area contributed by atoms with Crippen molar-refractivity contribution in [2.75, 3.05) is 0 Å². The maximum atomic E-state index is 12.8. The van der Waals surface area contributed by atoms with Crippen LogP contribution in [0.3, 0.4) is 0 Å². The second kappa shape index (κ2) is 16.5. The van der Waals surface area contributed by atoms with Gasteiger partial charge in [0.25, 0.3) is 0 Å². The second-order valence-corrected chi connectivity index (χ2v) is 14.4. The number of hydrogen-bond acceptors (Lipinski definition) is 4. The van der Waals surface area contributed by atoms with Crippen molar-refractivity contribution in [2.45, 2.75) is 65.7 Å². The van der Waals surface area contributed by atoms with Crippen LogP contribution in [-0.4, -0.2) is 16.7 Å². The Morgan fingerprint density at radius 2 is 0.788 bits per heavy atom. The van der Waals surface area contributed by atoms with E-state index in [9.17, 15) is 14.7 Å². The van der Waals surface area contributed by atoms with Crippen LogP contribution in [0, 0.1) is 6.92 Å². The van der Waals surface area contributed by atoms with E-state index in [1.54, 1.807) is 24.3 Å². The number of phenolic OH excluding ortho intramolecular Hbond substituents is 1. The molecule has 0 unspecified atom stereocenters. The standard InChI is InChI=1S/C31H30O3.C17H18O/c1-21(2)22-5-7-23(8-6-22)30(33)24-9-17-28(18-10-24)34-29-19-13-26(14-20-29)31(3,4)25-11-15-27(32)16-12-25;1-12(2)14-8-10-16(11-9-14)17(18)15-6-4-13(3)5-7-15/h5-21,32H,1-4H3;4-12H,1-3H3. The van der Waals surface area contributed by atoms with Crippen LogP contribution in [-0.2, 0) is 5.41 Å². The van der Waals surface area contributed by atoms with Crippen molar-refractivity contribution in [3.8, 4) is 17.2 Å². The molecule has 4 heteroatoms. The third kappa shape index (κ3) is 9.32. The van der Waals surface area contributed by atoms with Gasteiger partial charge in [0.2, 0.25) is 0 Å². The average molecular weight is 689 g/mol. The molecule has 0 spiro atoms. The molecule has 0 aliphatic heterocycles. The summed E-state index contributed by atoms with van der Waals surface area (Å²) >= 11 is 0. The van der Waals surface area contributed by atoms with Crippen LogP contribution in [0.2, 0.25) is 0 Å². The van der Waals surface area contributed by atoms with Crippen molar-refractivity contribution in [2.24, 2.45) is 0 Å². The van der Waals surface area contributed by atoms with Gasteiger partial charge in [-0.3, -0.25) is 9.59 Å². The molecule has 0 radical (unpaired) electrons. The Morgan fingerprint density at radius 3 is 1.15 bits per heavy atom. The number of aryl methyl sites for hydroxylation is 1. The Balaban J connectivity index is 0.000000244. The molecule has 52 heavy (non-hydrogen) atoms. The molecule has 0 aliphatic carbocycles. The van der Waals surface area contributed by atoms with Crippen LogP contribution in [0.5, 0.6) is 17.2 Å². The summed E-state index contributed by atoms with van der Waals surface area (Å²) < 4.78 is 6.01. The van der Waals surface area contributed by atoms with Gasteiger partial charge in [0, 0.05) is 27.7 Å². The molecule has 0 amide bonds. The molecule has 0 atom stereocenters. The van der Waals surface area contributed by atoms with Crippen LogP contribution in [0.4, 0.5) is 0 Å². The highest BCUT2D eigenvalue weighted by atomic mass is 16.5. The normalized spacial score (nSPS) is 11.2. The number of aromatic hydroxyl groups is 1. The Bertz CT molecular complexity index is 2070. The second-order valence-electron chi connectivity index (χ2n) is 14.4. The Morgan fingerprint density at radius 1 is 0.481 bits per heavy atom. The molecular weight excluding hydrogens is 641 g/mol. The lowest BCUT2D eigenvalue weighted by molar-refractivity contribution is 0.103. The number of rotatable bonds is 10. The van der Waals surface area contributed by atoms with Gasteiger partial charge in [-0.2, -0.15) is 0 Å². The molecular formula is C48H48O4. The molecule has 6 aromatic carbocycles. The average Bonchev–Trinajstić information content (AvgIpc) is 3.15. The van der Waals surface area contributed by atoms with Gasteiger partial charge in [-0.1, -0.05) is 144 Å². The smallest absolute Gasteiger partial charge is 0.193 e. The highest BCUT2D eigenvalue weighted by molar-refractivity contribution is 6.09. The molecule has 0 fully saturated rings. The molecule has 1 N–H and O–H groups in total. The fourth-order valence-electron chi connectivity index (χ4n) is 5.87. The van der Waals surface area contributed by atoms with E-state index < -0.39 is 0 Å². The van der Waals surface area contributed by atoms with Gasteiger partial charge < -0.3 is 9.84 Å². The molecule has 4 nitrogen and oxygen atoms in total. The van der Waals surface area contributed by atoms with Crippen LogP contribution in [0.25, 0.3) is 0 Å². The van der Waals surface area contributed by atoms with E-state index in [1.165, 1.54) is 16.7 Å². The number of benzene rings is 6. The van der Waals surface area contributed by atoms with Crippen LogP contribution < -0.4 is 4.74 Å². The number of ketones is 2. The third-order valence-electron chi connectivity index (χ3n) is 9.51. The number of carbonyl (C=O) groups is 2. The van der Waals surface area contributed by atoms with Crippen molar-refractivity contribution in [1.82, 2.24) is 0 Å². The summed E-state index contributed by atoms with van der Waals surface area (Å²) in [5.74, 6) is 2.70. The topological polar surface area (TPSA) is 63.6 Å². The van der Waals surface area contributed by atoms with Crippen molar-refractivity contribution < 1.29 is 19.4 Å². The minimum Gasteiger partial charge on any atom is -0.508 e.